The summed E-state index contributed by atoms with van der Waals surface area (Å²) in [6, 6.07) is -0.0148. The number of carbonyl (C=O) groups is 2. The number of amides is 2. The number of hydrogen-bond acceptors (Lipinski definition) is 7. The fraction of sp³-hybridized carbons (Fsp3) is 0.826. The van der Waals surface area contributed by atoms with Crippen molar-refractivity contribution < 1.29 is 9.59 Å². The van der Waals surface area contributed by atoms with Crippen molar-refractivity contribution in [3.8, 4) is 0 Å². The molecule has 32 heavy (non-hydrogen) atoms. The summed E-state index contributed by atoms with van der Waals surface area (Å²) in [5.41, 5.74) is 0.606. The lowest BCUT2D eigenvalue weighted by molar-refractivity contribution is -0.135. The van der Waals surface area contributed by atoms with Crippen molar-refractivity contribution in [2.45, 2.75) is 82.0 Å². The maximum absolute atomic E-state index is 13.3. The van der Waals surface area contributed by atoms with Gasteiger partial charge in [-0.2, -0.15) is 0 Å². The third-order valence-electron chi connectivity index (χ3n) is 8.28. The van der Waals surface area contributed by atoms with Gasteiger partial charge in [0.05, 0.1) is 17.7 Å². The molecule has 1 saturated carbocycles. The van der Waals surface area contributed by atoms with Crippen LogP contribution < -0.4 is 5.32 Å². The van der Waals surface area contributed by atoms with Gasteiger partial charge in [0, 0.05) is 44.1 Å². The Balaban J connectivity index is 1.18. The minimum atomic E-state index is -0.390. The van der Waals surface area contributed by atoms with Gasteiger partial charge in [-0.25, -0.2) is 0 Å². The summed E-state index contributed by atoms with van der Waals surface area (Å²) in [4.78, 5) is 33.2. The fourth-order valence-electron chi connectivity index (χ4n) is 6.29. The molecule has 2 atom stereocenters. The highest BCUT2D eigenvalue weighted by atomic mass is 32.1. The molecule has 5 rings (SSSR count). The minimum Gasteiger partial charge on any atom is -0.348 e. The van der Waals surface area contributed by atoms with Gasteiger partial charge < -0.3 is 15.1 Å². The van der Waals surface area contributed by atoms with E-state index < -0.39 is 5.54 Å². The highest BCUT2D eigenvalue weighted by Crippen LogP contribution is 2.34. The van der Waals surface area contributed by atoms with Gasteiger partial charge in [-0.3, -0.25) is 14.5 Å². The average molecular weight is 461 g/mol. The van der Waals surface area contributed by atoms with Gasteiger partial charge in [-0.1, -0.05) is 23.8 Å². The molecule has 1 aromatic heterocycles. The van der Waals surface area contributed by atoms with Gasteiger partial charge in [-0.15, -0.1) is 5.10 Å². The Morgan fingerprint density at radius 1 is 1.22 bits per heavy atom. The first-order valence-corrected chi connectivity index (χ1v) is 13.1. The molecule has 4 fully saturated rings. The van der Waals surface area contributed by atoms with Crippen molar-refractivity contribution in [3.05, 3.63) is 11.1 Å². The number of likely N-dealkylation sites (N-methyl/N-ethyl adjacent to an activating group) is 1. The number of nitrogens with one attached hydrogen (secondary N) is 1. The number of hydrogen-bond donors (Lipinski definition) is 1. The summed E-state index contributed by atoms with van der Waals surface area (Å²) in [6.07, 6.45) is 9.53. The maximum atomic E-state index is 13.3. The van der Waals surface area contributed by atoms with E-state index in [9.17, 15) is 9.59 Å². The van der Waals surface area contributed by atoms with Crippen molar-refractivity contribution in [1.29, 1.82) is 0 Å². The summed E-state index contributed by atoms with van der Waals surface area (Å²) >= 11 is 1.38. The second-order valence-electron chi connectivity index (χ2n) is 10.5. The molecule has 3 aliphatic heterocycles. The molecule has 3 saturated heterocycles. The lowest BCUT2D eigenvalue weighted by Crippen LogP contribution is -2.56. The van der Waals surface area contributed by atoms with Gasteiger partial charge in [-0.05, 0) is 56.6 Å². The summed E-state index contributed by atoms with van der Waals surface area (Å²) < 4.78 is 3.94. The number of carbonyl (C=O) groups excluding carboxylic acids is 2. The van der Waals surface area contributed by atoms with Gasteiger partial charge >= 0.3 is 0 Å². The number of nitrogens with zero attached hydrogens (tertiary/aromatic N) is 5. The molecule has 0 bridgehead atoms. The molecule has 4 heterocycles. The molecule has 0 aromatic carbocycles. The van der Waals surface area contributed by atoms with E-state index in [0.29, 0.717) is 19.0 Å². The molecular weight excluding hydrogens is 424 g/mol. The van der Waals surface area contributed by atoms with Gasteiger partial charge in [0.1, 0.15) is 6.04 Å². The van der Waals surface area contributed by atoms with Crippen molar-refractivity contribution in [3.63, 3.8) is 0 Å². The lowest BCUT2D eigenvalue weighted by atomic mass is 9.84. The van der Waals surface area contributed by atoms with E-state index in [1.54, 1.807) is 0 Å². The van der Waals surface area contributed by atoms with Crippen molar-refractivity contribution in [2.24, 2.45) is 5.92 Å². The first-order valence-electron chi connectivity index (χ1n) is 12.3. The summed E-state index contributed by atoms with van der Waals surface area (Å²) in [6.45, 7) is 4.30. The Kier molecular flexibility index (Phi) is 6.49. The number of fused-ring (bicyclic) bond motifs is 1. The quantitative estimate of drug-likeness (QED) is 0.723. The molecular formula is C23H36N6O2S. The highest BCUT2D eigenvalue weighted by Gasteiger charge is 2.49. The molecule has 1 N–H and O–H groups in total. The fourth-order valence-corrected chi connectivity index (χ4v) is 6.73. The Morgan fingerprint density at radius 2 is 2.00 bits per heavy atom. The molecule has 8 nitrogen and oxygen atoms in total. The topological polar surface area (TPSA) is 81.7 Å². The Morgan fingerprint density at radius 3 is 2.72 bits per heavy atom. The molecule has 1 aliphatic carbocycles. The third kappa shape index (κ3) is 4.70. The van der Waals surface area contributed by atoms with Crippen LogP contribution in [0.4, 0.5) is 0 Å². The van der Waals surface area contributed by atoms with Crippen molar-refractivity contribution in [2.75, 3.05) is 33.2 Å². The van der Waals surface area contributed by atoms with Crippen LogP contribution in [0, 0.1) is 5.92 Å². The minimum absolute atomic E-state index is 0.0570. The van der Waals surface area contributed by atoms with Gasteiger partial charge in [0.15, 0.2) is 0 Å². The molecule has 9 heteroatoms. The van der Waals surface area contributed by atoms with Crippen LogP contribution in [0.15, 0.2) is 5.38 Å². The van der Waals surface area contributed by atoms with Crippen LogP contribution in [0.5, 0.6) is 0 Å². The lowest BCUT2D eigenvalue weighted by Gasteiger charge is -2.41. The van der Waals surface area contributed by atoms with Crippen molar-refractivity contribution >= 4 is 23.3 Å². The summed E-state index contributed by atoms with van der Waals surface area (Å²) in [5.74, 6) is 0.979. The SMILES string of the molecule is CN(CC1CCCCC1)[C@H]1C[C@H]2C(=O)NC3(CCN(Cc4csnn4)CC3)CC(=O)N2C1. The van der Waals surface area contributed by atoms with Gasteiger partial charge in [0.2, 0.25) is 11.8 Å². The number of piperidine rings is 1. The van der Waals surface area contributed by atoms with E-state index in [1.807, 2.05) is 10.3 Å². The summed E-state index contributed by atoms with van der Waals surface area (Å²) in [7, 11) is 2.18. The Bertz CT molecular complexity index is 775. The first kappa shape index (κ1) is 22.2. The van der Waals surface area contributed by atoms with Crippen molar-refractivity contribution in [1.82, 2.24) is 29.6 Å². The zero-order valence-corrected chi connectivity index (χ0v) is 20.0. The number of likely N-dealkylation sites (tertiary alicyclic amines) is 1. The Hall–Kier alpha value is -1.58. The molecule has 4 aliphatic rings. The van der Waals surface area contributed by atoms with E-state index >= 15 is 0 Å². The standard InChI is InChI=1S/C23H36N6O2S/c1-27(13-17-5-3-2-4-6-17)19-11-20-22(31)24-23(12-21(30)29(20)15-19)7-9-28(10-8-23)14-18-16-32-26-25-18/h16-17,19-20H,2-15H2,1H3,(H,24,31)/t19-,20-/m0/s1. The molecule has 1 aromatic rings. The van der Waals surface area contributed by atoms with E-state index in [2.05, 4.69) is 31.8 Å². The van der Waals surface area contributed by atoms with Crippen LogP contribution >= 0.6 is 11.5 Å². The molecule has 0 unspecified atom stereocenters. The first-order chi connectivity index (χ1) is 15.5. The third-order valence-corrected chi connectivity index (χ3v) is 8.83. The van der Waals surface area contributed by atoms with E-state index in [4.69, 9.17) is 0 Å². The van der Waals surface area contributed by atoms with Crippen LogP contribution in [0.2, 0.25) is 0 Å². The predicted molar refractivity (Wildman–Crippen MR) is 123 cm³/mol. The summed E-state index contributed by atoms with van der Waals surface area (Å²) in [5, 5.41) is 9.47. The molecule has 176 valence electrons. The van der Waals surface area contributed by atoms with Crippen LogP contribution in [-0.2, 0) is 16.1 Å². The number of aromatic nitrogens is 2. The molecule has 0 radical (unpaired) electrons. The van der Waals surface area contributed by atoms with E-state index in [1.165, 1.54) is 43.6 Å². The predicted octanol–water partition coefficient (Wildman–Crippen LogP) is 1.87. The average Bonchev–Trinajstić information content (AvgIpc) is 3.45. The normalized spacial score (nSPS) is 29.4. The highest BCUT2D eigenvalue weighted by molar-refractivity contribution is 7.03. The van der Waals surface area contributed by atoms with Crippen LogP contribution in [-0.4, -0.2) is 87.0 Å². The number of rotatable bonds is 5. The second kappa shape index (κ2) is 9.35. The monoisotopic (exact) mass is 460 g/mol. The molecule has 2 amide bonds. The maximum Gasteiger partial charge on any atom is 0.243 e. The van der Waals surface area contributed by atoms with E-state index in [0.717, 1.165) is 57.1 Å². The van der Waals surface area contributed by atoms with Crippen LogP contribution in [0.3, 0.4) is 0 Å². The largest absolute Gasteiger partial charge is 0.348 e. The van der Waals surface area contributed by atoms with E-state index in [-0.39, 0.29) is 17.9 Å². The Labute approximate surface area is 194 Å². The van der Waals surface area contributed by atoms with Crippen LogP contribution in [0.1, 0.15) is 63.5 Å². The second-order valence-corrected chi connectivity index (χ2v) is 11.1. The van der Waals surface area contributed by atoms with Gasteiger partial charge in [0.25, 0.3) is 0 Å². The smallest absolute Gasteiger partial charge is 0.243 e. The zero-order valence-electron chi connectivity index (χ0n) is 19.2. The van der Waals surface area contributed by atoms with Crippen LogP contribution in [0.25, 0.3) is 0 Å². The molecule has 1 spiro atoms. The zero-order chi connectivity index (χ0) is 22.1.